The van der Waals surface area contributed by atoms with Crippen molar-refractivity contribution in [3.05, 3.63) is 58.2 Å². The summed E-state index contributed by atoms with van der Waals surface area (Å²) < 4.78 is 47.5. The maximum absolute atomic E-state index is 16.1. The highest BCUT2D eigenvalue weighted by molar-refractivity contribution is 6.31. The number of methoxy groups -OCH3 is 1. The van der Waals surface area contributed by atoms with Gasteiger partial charge in [-0.1, -0.05) is 122 Å². The highest BCUT2D eigenvalue weighted by atomic mass is 35.5. The minimum atomic E-state index is -4.79. The molecule has 3 aliphatic heterocycles. The molecule has 12 amide bonds. The maximum Gasteiger partial charge on any atom is 0.417 e. The number of aryl methyl sites for hydroxylation is 1. The average molecular weight is 1550 g/mol. The summed E-state index contributed by atoms with van der Waals surface area (Å²) >= 11 is 6.23. The number of rotatable bonds is 14. The summed E-state index contributed by atoms with van der Waals surface area (Å²) in [6.45, 7) is 7.06. The largest absolute Gasteiger partial charge is 0.481 e. The number of carbonyl (C=O) groups excluding carboxylic acids is 12. The van der Waals surface area contributed by atoms with Gasteiger partial charge >= 0.3 is 6.18 Å². The van der Waals surface area contributed by atoms with E-state index < -0.39 is 173 Å². The smallest absolute Gasteiger partial charge is 0.417 e. The molecule has 9 atom stereocenters. The predicted molar refractivity (Wildman–Crippen MR) is 402 cm³/mol. The van der Waals surface area contributed by atoms with E-state index in [0.717, 1.165) is 79.7 Å². The Labute approximate surface area is 645 Å². The van der Waals surface area contributed by atoms with Crippen LogP contribution < -0.4 is 20.7 Å². The second kappa shape index (κ2) is 38.7. The van der Waals surface area contributed by atoms with E-state index in [1.807, 2.05) is 20.8 Å². The van der Waals surface area contributed by atoms with Crippen LogP contribution in [0.4, 0.5) is 13.2 Å². The number of ether oxygens (including phenoxy) is 1. The lowest BCUT2D eigenvalue weighted by Gasteiger charge is -2.44. The van der Waals surface area contributed by atoms with Gasteiger partial charge in [0.25, 0.3) is 0 Å². The summed E-state index contributed by atoms with van der Waals surface area (Å²) in [6, 6.07) is -3.98. The van der Waals surface area contributed by atoms with Crippen molar-refractivity contribution >= 4 is 82.5 Å². The Morgan fingerprint density at radius 1 is 0.642 bits per heavy atom. The Morgan fingerprint density at radius 2 is 1.26 bits per heavy atom. The van der Waals surface area contributed by atoms with E-state index in [-0.39, 0.29) is 81.2 Å². The van der Waals surface area contributed by atoms with Crippen LogP contribution in [-0.2, 0) is 76.6 Å². The van der Waals surface area contributed by atoms with E-state index in [9.17, 15) is 32.3 Å². The summed E-state index contributed by atoms with van der Waals surface area (Å²) in [5.41, 5.74) is -2.09. The van der Waals surface area contributed by atoms with Crippen molar-refractivity contribution in [2.24, 2.45) is 23.7 Å². The number of carbonyl (C=O) groups is 12. The third kappa shape index (κ3) is 21.5. The topological polar surface area (TPSA) is 292 Å². The minimum Gasteiger partial charge on any atom is -0.481 e. The Kier molecular flexibility index (Phi) is 30.7. The van der Waals surface area contributed by atoms with Crippen molar-refractivity contribution in [2.45, 2.75) is 248 Å². The molecule has 3 N–H and O–H groups in total. The monoisotopic (exact) mass is 1550 g/mol. The summed E-state index contributed by atoms with van der Waals surface area (Å²) in [5, 5.41) is 8.21. The fourth-order valence-corrected chi connectivity index (χ4v) is 17.1. The van der Waals surface area contributed by atoms with Gasteiger partial charge in [0.05, 0.1) is 37.2 Å². The van der Waals surface area contributed by atoms with Gasteiger partial charge in [-0.15, -0.1) is 0 Å². The Balaban J connectivity index is 1.23. The van der Waals surface area contributed by atoms with Gasteiger partial charge < -0.3 is 64.8 Å². The van der Waals surface area contributed by atoms with E-state index in [0.29, 0.717) is 63.6 Å². The maximum atomic E-state index is 16.1. The highest BCUT2D eigenvalue weighted by Crippen LogP contribution is 2.39. The Morgan fingerprint density at radius 3 is 1.83 bits per heavy atom. The molecule has 0 radical (unpaired) electrons. The summed E-state index contributed by atoms with van der Waals surface area (Å²) in [7, 11) is 11.4. The number of benzene rings is 1. The number of hydrogen-bond acceptors (Lipinski definition) is 14. The molecule has 30 heteroatoms. The number of likely N-dealkylation sites (N-methyl/N-ethyl adjacent to an activating group) is 7. The zero-order valence-electron chi connectivity index (χ0n) is 65.9. The van der Waals surface area contributed by atoms with Gasteiger partial charge in [0.2, 0.25) is 76.8 Å². The molecule has 1 aromatic carbocycles. The standard InChI is InChI=1S/C79H117ClF3N13O13/c1-13-50(4)67-75(106)89(6)48-66(99)96-40-35-58(96)73(104)92(9)61(43-51-25-17-14-18-26-51)72(103)88(5)47-63(97)85-57(33-30-52-29-32-55(56(80)42-52)79(81,82)83)71(102)91(8)60(44-53-31-34-64(109-12)84-46-53)70(101)87-78(36-21-22-37-78)77(108)94(11)68(54-27-19-15-20-28-54)76(107)93(10)62(74(105)95-38-23-16-24-39-95)45-65(98)90(7)59(41-49(2)3)69(100)86-67/h29,31-32,34,42,46,49-51,54,57-62,67-68H,13-28,30,33,35-41,43-45,47-48H2,1-12H3,(H,85,97)(H,86,100)(H,87,101)/t50-,57-,58-,59-,60-,61-,62-,67-,68-/m0/s1. The molecular formula is C79H117ClF3N13O13. The molecule has 3 saturated heterocycles. The quantitative estimate of drug-likeness (QED) is 0.171. The molecule has 0 bridgehead atoms. The lowest BCUT2D eigenvalue weighted by Crippen LogP contribution is -2.66. The van der Waals surface area contributed by atoms with Crippen molar-refractivity contribution in [3.63, 3.8) is 0 Å². The van der Waals surface area contributed by atoms with Gasteiger partial charge in [-0.3, -0.25) is 57.5 Å². The summed E-state index contributed by atoms with van der Waals surface area (Å²) in [5.74, 6) is -8.84. The van der Waals surface area contributed by atoms with Crippen LogP contribution in [-0.4, -0.2) is 263 Å². The summed E-state index contributed by atoms with van der Waals surface area (Å²) in [4.78, 5) is 199. The third-order valence-corrected chi connectivity index (χ3v) is 24.2. The minimum absolute atomic E-state index is 0.0000163. The fraction of sp³-hybridized carbons (Fsp3) is 0.709. The SMILES string of the molecule is CC[C@H](C)[C@@H]1NC(=O)[C@H](CC(C)C)N(C)C(=O)C[C@@H](C(=O)N2CCCCC2)N(C)C(=O)[C@H](C2CCCCC2)N(C)C(=O)C2(CCCC2)NC(=O)[C@H](Cc2ccc(OC)nc2)N(C)C(=O)[C@H](CCc2ccc(C(F)(F)F)c(Cl)c2)NC(=O)CN(C)C(=O)[C@H](CC2CCCCC2)N(C)C(=O)[C@@H]2CCN2C(=O)CN(C)C1=O. The summed E-state index contributed by atoms with van der Waals surface area (Å²) in [6.07, 6.45) is 7.34. The molecule has 26 nitrogen and oxygen atoms in total. The number of likely N-dealkylation sites (tertiary alicyclic amines) is 1. The van der Waals surface area contributed by atoms with Crippen LogP contribution in [0, 0.1) is 23.7 Å². The molecule has 6 fully saturated rings. The van der Waals surface area contributed by atoms with Crippen LogP contribution in [0.25, 0.3) is 0 Å². The Bertz CT molecular complexity index is 3560. The van der Waals surface area contributed by atoms with Gasteiger partial charge in [0, 0.05) is 87.7 Å². The van der Waals surface area contributed by atoms with E-state index in [4.69, 9.17) is 16.3 Å². The van der Waals surface area contributed by atoms with Crippen LogP contribution in [0.2, 0.25) is 5.02 Å². The van der Waals surface area contributed by atoms with Gasteiger partial charge in [-0.05, 0) is 124 Å². The zero-order valence-corrected chi connectivity index (χ0v) is 66.7. The highest BCUT2D eigenvalue weighted by Gasteiger charge is 2.52. The number of aromatic nitrogens is 1. The molecule has 3 aliphatic carbocycles. The van der Waals surface area contributed by atoms with E-state index in [1.54, 1.807) is 24.0 Å². The van der Waals surface area contributed by atoms with E-state index in [2.05, 4.69) is 20.9 Å². The number of nitrogens with zero attached hydrogens (tertiary/aromatic N) is 10. The molecule has 2 aromatic rings. The van der Waals surface area contributed by atoms with Crippen LogP contribution in [0.3, 0.4) is 0 Å². The second-order valence-corrected chi connectivity index (χ2v) is 32.4. The fourth-order valence-electron chi connectivity index (χ4n) is 16.8. The molecule has 604 valence electrons. The molecule has 8 rings (SSSR count). The van der Waals surface area contributed by atoms with Crippen LogP contribution >= 0.6 is 11.6 Å². The van der Waals surface area contributed by atoms with Gasteiger partial charge in [0.1, 0.15) is 53.9 Å². The molecule has 109 heavy (non-hydrogen) atoms. The van der Waals surface area contributed by atoms with Gasteiger partial charge in [-0.25, -0.2) is 4.98 Å². The zero-order chi connectivity index (χ0) is 79.9. The normalized spacial score (nSPS) is 26.2. The molecule has 1 spiro atoms. The lowest BCUT2D eigenvalue weighted by atomic mass is 9.81. The number of pyridine rings is 1. The van der Waals surface area contributed by atoms with Crippen LogP contribution in [0.5, 0.6) is 5.88 Å². The van der Waals surface area contributed by atoms with Gasteiger partial charge in [-0.2, -0.15) is 13.2 Å². The van der Waals surface area contributed by atoms with Crippen molar-refractivity contribution in [1.82, 2.24) is 65.0 Å². The number of hydrogen-bond donors (Lipinski definition) is 3. The third-order valence-electron chi connectivity index (χ3n) is 23.8. The van der Waals surface area contributed by atoms with Crippen molar-refractivity contribution in [2.75, 3.05) is 89.2 Å². The first-order valence-electron chi connectivity index (χ1n) is 39.3. The first-order valence-corrected chi connectivity index (χ1v) is 39.7. The number of fused-ring (bicyclic) bond motifs is 1. The van der Waals surface area contributed by atoms with Crippen molar-refractivity contribution in [3.8, 4) is 5.88 Å². The van der Waals surface area contributed by atoms with Crippen molar-refractivity contribution < 1.29 is 75.4 Å². The van der Waals surface area contributed by atoms with Gasteiger partial charge in [0.15, 0.2) is 0 Å². The Hall–Kier alpha value is -8.11. The second-order valence-electron chi connectivity index (χ2n) is 31.9. The van der Waals surface area contributed by atoms with Crippen LogP contribution in [0.15, 0.2) is 36.5 Å². The number of halogens is 4. The molecule has 0 unspecified atom stereocenters. The van der Waals surface area contributed by atoms with Crippen LogP contribution in [0.1, 0.15) is 192 Å². The first-order chi connectivity index (χ1) is 51.6. The van der Waals surface area contributed by atoms with Crippen molar-refractivity contribution in [1.29, 1.82) is 0 Å². The average Bonchev–Trinajstić information content (AvgIpc) is 1.77. The molecule has 1 aromatic heterocycles. The molecular weight excluding hydrogens is 1430 g/mol. The van der Waals surface area contributed by atoms with E-state index in [1.165, 1.54) is 98.1 Å². The lowest BCUT2D eigenvalue weighted by molar-refractivity contribution is -0.158. The number of piperidine rings is 1. The molecule has 4 heterocycles. The first kappa shape index (κ1) is 86.5. The number of amides is 12. The predicted octanol–water partition coefficient (Wildman–Crippen LogP) is 7.05. The van der Waals surface area contributed by atoms with E-state index >= 15 is 38.4 Å². The molecule has 3 saturated carbocycles. The molecule has 6 aliphatic rings. The number of alkyl halides is 3. The number of nitrogens with one attached hydrogen (secondary N) is 3.